The molecule has 0 aliphatic heterocycles. The van der Waals surface area contributed by atoms with Crippen molar-refractivity contribution in [3.63, 3.8) is 0 Å². The van der Waals surface area contributed by atoms with E-state index in [4.69, 9.17) is 23.2 Å². The van der Waals surface area contributed by atoms with Crippen LogP contribution >= 0.6 is 39.1 Å². The average molecular weight is 256 g/mol. The first-order chi connectivity index (χ1) is 5.04. The van der Waals surface area contributed by atoms with Crippen molar-refractivity contribution >= 4 is 39.1 Å². The summed E-state index contributed by atoms with van der Waals surface area (Å²) in [7, 11) is 0. The van der Waals surface area contributed by atoms with E-state index in [-0.39, 0.29) is 5.75 Å². The molecule has 1 aromatic rings. The fourth-order valence-electron chi connectivity index (χ4n) is 0.705. The standard InChI is InChI=1S/C7H5BrCl2O/c1-3-6(10)4(8)2-5(9)7(3)11/h2,11H,1H3. The lowest BCUT2D eigenvalue weighted by Gasteiger charge is -2.04. The molecular formula is C7H5BrCl2O. The van der Waals surface area contributed by atoms with E-state index < -0.39 is 0 Å². The Morgan fingerprint density at radius 1 is 1.45 bits per heavy atom. The van der Waals surface area contributed by atoms with Crippen LogP contribution in [-0.4, -0.2) is 5.11 Å². The second-order valence-corrected chi connectivity index (χ2v) is 3.77. The number of hydrogen-bond acceptors (Lipinski definition) is 1. The van der Waals surface area contributed by atoms with Crippen LogP contribution in [0.25, 0.3) is 0 Å². The maximum atomic E-state index is 9.27. The lowest BCUT2D eigenvalue weighted by atomic mass is 10.2. The van der Waals surface area contributed by atoms with Gasteiger partial charge in [-0.2, -0.15) is 0 Å². The highest BCUT2D eigenvalue weighted by Crippen LogP contribution is 2.37. The molecule has 1 rings (SSSR count). The summed E-state index contributed by atoms with van der Waals surface area (Å²) in [4.78, 5) is 0. The van der Waals surface area contributed by atoms with Gasteiger partial charge < -0.3 is 5.11 Å². The Hall–Kier alpha value is 0.0800. The van der Waals surface area contributed by atoms with Gasteiger partial charge in [0, 0.05) is 10.0 Å². The van der Waals surface area contributed by atoms with Gasteiger partial charge in [0.1, 0.15) is 5.75 Å². The summed E-state index contributed by atoms with van der Waals surface area (Å²) in [5.74, 6) is 0.0415. The molecule has 0 amide bonds. The predicted molar refractivity (Wildman–Crippen MR) is 50.6 cm³/mol. The lowest BCUT2D eigenvalue weighted by Crippen LogP contribution is -1.79. The second-order valence-electron chi connectivity index (χ2n) is 2.13. The molecule has 1 nitrogen and oxygen atoms in total. The molecule has 0 saturated carbocycles. The maximum Gasteiger partial charge on any atom is 0.138 e. The molecule has 4 heteroatoms. The number of hydrogen-bond donors (Lipinski definition) is 1. The Morgan fingerprint density at radius 2 is 2.00 bits per heavy atom. The molecule has 1 aromatic carbocycles. The van der Waals surface area contributed by atoms with E-state index in [0.29, 0.717) is 20.1 Å². The molecule has 0 atom stereocenters. The van der Waals surface area contributed by atoms with Crippen LogP contribution in [0.15, 0.2) is 10.5 Å². The van der Waals surface area contributed by atoms with E-state index in [9.17, 15) is 5.11 Å². The van der Waals surface area contributed by atoms with Gasteiger partial charge >= 0.3 is 0 Å². The van der Waals surface area contributed by atoms with E-state index in [1.54, 1.807) is 13.0 Å². The first kappa shape index (κ1) is 9.17. The van der Waals surface area contributed by atoms with Crippen molar-refractivity contribution < 1.29 is 5.11 Å². The molecule has 0 heterocycles. The topological polar surface area (TPSA) is 20.2 Å². The summed E-state index contributed by atoms with van der Waals surface area (Å²) in [6.45, 7) is 1.70. The predicted octanol–water partition coefficient (Wildman–Crippen LogP) is 3.77. The van der Waals surface area contributed by atoms with Crippen molar-refractivity contribution in [1.29, 1.82) is 0 Å². The smallest absolute Gasteiger partial charge is 0.138 e. The van der Waals surface area contributed by atoms with Gasteiger partial charge in [-0.3, -0.25) is 0 Å². The van der Waals surface area contributed by atoms with Gasteiger partial charge in [0.15, 0.2) is 0 Å². The highest BCUT2D eigenvalue weighted by molar-refractivity contribution is 9.10. The molecule has 0 saturated heterocycles. The van der Waals surface area contributed by atoms with Gasteiger partial charge in [0.05, 0.1) is 10.0 Å². The minimum Gasteiger partial charge on any atom is -0.506 e. The van der Waals surface area contributed by atoms with Gasteiger partial charge in [-0.25, -0.2) is 0 Å². The van der Waals surface area contributed by atoms with Crippen LogP contribution in [0.3, 0.4) is 0 Å². The third-order valence-corrected chi connectivity index (χ3v) is 3.00. The Labute approximate surface area is 83.1 Å². The Bertz CT molecular complexity index is 273. The van der Waals surface area contributed by atoms with E-state index >= 15 is 0 Å². The Kier molecular flexibility index (Phi) is 2.68. The van der Waals surface area contributed by atoms with Crippen molar-refractivity contribution in [2.45, 2.75) is 6.92 Å². The third kappa shape index (κ3) is 1.63. The molecular weight excluding hydrogens is 251 g/mol. The highest BCUT2D eigenvalue weighted by Gasteiger charge is 2.09. The molecule has 1 N–H and O–H groups in total. The zero-order valence-electron chi connectivity index (χ0n) is 5.66. The van der Waals surface area contributed by atoms with Gasteiger partial charge in [0.25, 0.3) is 0 Å². The van der Waals surface area contributed by atoms with E-state index in [1.165, 1.54) is 0 Å². The van der Waals surface area contributed by atoms with E-state index in [0.717, 1.165) is 0 Å². The van der Waals surface area contributed by atoms with Crippen LogP contribution in [0.1, 0.15) is 5.56 Å². The summed E-state index contributed by atoms with van der Waals surface area (Å²) in [6.07, 6.45) is 0. The fraction of sp³-hybridized carbons (Fsp3) is 0.143. The minimum absolute atomic E-state index is 0.0415. The van der Waals surface area contributed by atoms with Crippen LogP contribution in [0, 0.1) is 6.92 Å². The number of halogens is 3. The number of benzene rings is 1. The summed E-state index contributed by atoms with van der Waals surface area (Å²) in [5, 5.41) is 10.1. The molecule has 0 aromatic heterocycles. The molecule has 0 aliphatic rings. The average Bonchev–Trinajstić information content (AvgIpc) is 1.97. The quantitative estimate of drug-likeness (QED) is 0.700. The fourth-order valence-corrected chi connectivity index (χ4v) is 1.76. The monoisotopic (exact) mass is 254 g/mol. The summed E-state index contributed by atoms with van der Waals surface area (Å²) < 4.78 is 0.694. The van der Waals surface area contributed by atoms with Gasteiger partial charge in [-0.1, -0.05) is 23.2 Å². The van der Waals surface area contributed by atoms with Crippen LogP contribution in [0.2, 0.25) is 10.0 Å². The summed E-state index contributed by atoms with van der Waals surface area (Å²) in [6, 6.07) is 1.56. The van der Waals surface area contributed by atoms with Crippen molar-refractivity contribution in [3.05, 3.63) is 26.1 Å². The number of phenolic OH excluding ortho intramolecular Hbond substituents is 1. The first-order valence-electron chi connectivity index (χ1n) is 2.87. The zero-order valence-corrected chi connectivity index (χ0v) is 8.76. The Morgan fingerprint density at radius 3 is 2.55 bits per heavy atom. The summed E-state index contributed by atoms with van der Waals surface area (Å²) >= 11 is 14.6. The molecule has 0 aliphatic carbocycles. The van der Waals surface area contributed by atoms with Gasteiger partial charge in [-0.15, -0.1) is 0 Å². The van der Waals surface area contributed by atoms with Crippen LogP contribution in [0.5, 0.6) is 5.75 Å². The SMILES string of the molecule is Cc1c(O)c(Cl)cc(Br)c1Cl. The van der Waals surface area contributed by atoms with Crippen molar-refractivity contribution in [1.82, 2.24) is 0 Å². The van der Waals surface area contributed by atoms with E-state index in [2.05, 4.69) is 15.9 Å². The molecule has 0 radical (unpaired) electrons. The van der Waals surface area contributed by atoms with E-state index in [1.807, 2.05) is 0 Å². The molecule has 11 heavy (non-hydrogen) atoms. The van der Waals surface area contributed by atoms with Crippen LogP contribution in [-0.2, 0) is 0 Å². The maximum absolute atomic E-state index is 9.27. The normalized spacial score (nSPS) is 10.2. The Balaban J connectivity index is 3.46. The molecule has 60 valence electrons. The molecule has 0 fully saturated rings. The molecule has 0 unspecified atom stereocenters. The number of rotatable bonds is 0. The largest absolute Gasteiger partial charge is 0.506 e. The van der Waals surface area contributed by atoms with Crippen molar-refractivity contribution in [2.75, 3.05) is 0 Å². The minimum atomic E-state index is 0.0415. The van der Waals surface area contributed by atoms with Crippen molar-refractivity contribution in [2.24, 2.45) is 0 Å². The first-order valence-corrected chi connectivity index (χ1v) is 4.42. The number of aromatic hydroxyl groups is 1. The van der Waals surface area contributed by atoms with Crippen LogP contribution < -0.4 is 0 Å². The van der Waals surface area contributed by atoms with Gasteiger partial charge in [-0.05, 0) is 28.9 Å². The van der Waals surface area contributed by atoms with Crippen LogP contribution in [0.4, 0.5) is 0 Å². The molecule has 0 bridgehead atoms. The third-order valence-electron chi connectivity index (χ3n) is 1.37. The highest BCUT2D eigenvalue weighted by atomic mass is 79.9. The lowest BCUT2D eigenvalue weighted by molar-refractivity contribution is 0.471. The zero-order chi connectivity index (χ0) is 8.59. The summed E-state index contributed by atoms with van der Waals surface area (Å²) in [5.41, 5.74) is 0.589. The number of phenols is 1. The van der Waals surface area contributed by atoms with Gasteiger partial charge in [0.2, 0.25) is 0 Å². The van der Waals surface area contributed by atoms with Crippen molar-refractivity contribution in [3.8, 4) is 5.75 Å². The second kappa shape index (κ2) is 3.21. The molecule has 0 spiro atoms.